The summed E-state index contributed by atoms with van der Waals surface area (Å²) in [5.41, 5.74) is -1.29. The zero-order valence-corrected chi connectivity index (χ0v) is 39.5. The van der Waals surface area contributed by atoms with Crippen LogP contribution in [0.3, 0.4) is 0 Å². The van der Waals surface area contributed by atoms with E-state index in [0.29, 0.717) is 63.1 Å². The number of nitrogens with one attached hydrogen (secondary N) is 2. The number of aromatic nitrogens is 1. The number of rotatable bonds is 8. The molecule has 6 aliphatic heterocycles. The van der Waals surface area contributed by atoms with Crippen LogP contribution in [0.5, 0.6) is 5.75 Å². The van der Waals surface area contributed by atoms with Crippen molar-refractivity contribution < 1.29 is 43.2 Å². The third kappa shape index (κ3) is 6.03. The van der Waals surface area contributed by atoms with Crippen molar-refractivity contribution in [3.05, 3.63) is 70.9 Å². The monoisotopic (exact) mass is 906 g/mol. The molecule has 1 spiro atoms. The molecule has 4 fully saturated rings. The highest BCUT2D eigenvalue weighted by Crippen LogP contribution is 2.68. The minimum atomic E-state index is -2.32. The molecule has 1 aliphatic carbocycles. The number of carbonyl (C=O) groups excluding carboxylic acids is 4. The Morgan fingerprint density at radius 2 is 1.68 bits per heavy atom. The standard InChI is InChI=1S/C51H66N6O9/c1-8-47(53-46(61)57-20-12-13-21-57)27-32-28-50(44(59)64-6,40-34(17-23-55(29-32)30-47)33-15-10-11-16-37(33)52-40)36-25-35-38(26-39(36)63-5)54(4)42-49(35)19-24-56-22-14-18-48(9-2,41(49)56)43(66-31(3)58)51(42,62)45(60)65-7/h10-11,14-16,18,25-26,32,41-43,52,62H,8-9,12-13,17,19-24,27-30H2,1-7H3,(H,53,61)/t32-,41-,42+,43+,47-,48+,49+,50-,51-/m0/s1. The average molecular weight is 907 g/mol. The number of H-pyrrole nitrogens is 1. The number of aliphatic hydroxyl groups is 1. The number of aromatic amines is 1. The van der Waals surface area contributed by atoms with E-state index in [4.69, 9.17) is 18.9 Å². The molecule has 7 aliphatic rings. The van der Waals surface area contributed by atoms with Gasteiger partial charge in [-0.1, -0.05) is 44.2 Å². The number of urea groups is 1. The molecule has 0 radical (unpaired) electrons. The van der Waals surface area contributed by atoms with E-state index in [1.54, 1.807) is 7.11 Å². The van der Waals surface area contributed by atoms with Gasteiger partial charge in [-0.25, -0.2) is 9.59 Å². The summed E-state index contributed by atoms with van der Waals surface area (Å²) in [6, 6.07) is 11.0. The van der Waals surface area contributed by atoms with Crippen LogP contribution in [0, 0.1) is 11.3 Å². The van der Waals surface area contributed by atoms with Crippen molar-refractivity contribution in [1.82, 2.24) is 25.0 Å². The molecule has 15 heteroatoms. The quantitative estimate of drug-likeness (QED) is 0.161. The third-order valence-corrected chi connectivity index (χ3v) is 17.4. The van der Waals surface area contributed by atoms with Gasteiger partial charge in [0.15, 0.2) is 6.10 Å². The van der Waals surface area contributed by atoms with E-state index < -0.39 is 57.4 Å². The lowest BCUT2D eigenvalue weighted by atomic mass is 9.47. The second-order valence-corrected chi connectivity index (χ2v) is 20.4. The summed E-state index contributed by atoms with van der Waals surface area (Å²) in [6.45, 7) is 10.4. The summed E-state index contributed by atoms with van der Waals surface area (Å²) >= 11 is 0. The summed E-state index contributed by atoms with van der Waals surface area (Å²) < 4.78 is 24.2. The number of likely N-dealkylation sites (tertiary alicyclic amines) is 1. The smallest absolute Gasteiger partial charge is 0.344 e. The summed E-state index contributed by atoms with van der Waals surface area (Å²) in [6.07, 6.45) is 8.22. The zero-order chi connectivity index (χ0) is 46.6. The van der Waals surface area contributed by atoms with Crippen LogP contribution >= 0.6 is 0 Å². The van der Waals surface area contributed by atoms with Crippen LogP contribution in [-0.2, 0) is 45.8 Å². The number of hydrogen-bond acceptors (Lipinski definition) is 12. The number of piperidine rings is 1. The molecule has 10 atom stereocenters. The Balaban J connectivity index is 1.22. The van der Waals surface area contributed by atoms with E-state index in [2.05, 4.69) is 57.4 Å². The summed E-state index contributed by atoms with van der Waals surface area (Å²) in [5.74, 6) is -1.54. The highest BCUT2D eigenvalue weighted by molar-refractivity contribution is 5.95. The molecule has 1 aromatic heterocycles. The SMILES string of the molecule is CC[C@]1(NC(=O)N2CCCC2)C[C@@H]2CN(CCc3c([nH]c4ccccc34)[C@@](C(=O)OC)(c3cc4c(cc3OC)N(C)[C@H]3[C@@](O)(C(=O)OC)[C@H](OC(C)=O)[C@]5(CC)C=CCN6CC[C@]43[C@@H]65)C2)C1. The number of amides is 2. The van der Waals surface area contributed by atoms with Gasteiger partial charge < -0.3 is 49.1 Å². The lowest BCUT2D eigenvalue weighted by molar-refractivity contribution is -0.228. The van der Waals surface area contributed by atoms with Gasteiger partial charge in [-0.2, -0.15) is 0 Å². The first-order valence-electron chi connectivity index (χ1n) is 24.0. The van der Waals surface area contributed by atoms with Gasteiger partial charge in [-0.05, 0) is 87.1 Å². The molecule has 1 unspecified atom stereocenters. The molecule has 3 N–H and O–H groups in total. The van der Waals surface area contributed by atoms with Gasteiger partial charge in [0, 0.05) is 104 Å². The van der Waals surface area contributed by atoms with Crippen molar-refractivity contribution in [1.29, 1.82) is 0 Å². The number of likely N-dealkylation sites (N-methyl/N-ethyl adjacent to an activating group) is 1. The highest BCUT2D eigenvalue weighted by atomic mass is 16.6. The number of methoxy groups -OCH3 is 3. The van der Waals surface area contributed by atoms with Gasteiger partial charge >= 0.3 is 23.9 Å². The third-order valence-electron chi connectivity index (χ3n) is 17.4. The molecule has 2 amide bonds. The number of benzene rings is 2. The van der Waals surface area contributed by atoms with Gasteiger partial charge in [0.25, 0.3) is 0 Å². The summed E-state index contributed by atoms with van der Waals surface area (Å²) in [5, 5.41) is 18.0. The van der Waals surface area contributed by atoms with Crippen LogP contribution in [0.1, 0.15) is 88.1 Å². The predicted octanol–water partition coefficient (Wildman–Crippen LogP) is 4.80. The molecule has 2 bridgehead atoms. The highest BCUT2D eigenvalue weighted by Gasteiger charge is 2.80. The fraction of sp³-hybridized carbons (Fsp3) is 0.608. The van der Waals surface area contributed by atoms with E-state index in [0.717, 1.165) is 78.9 Å². The van der Waals surface area contributed by atoms with Crippen molar-refractivity contribution >= 4 is 40.5 Å². The van der Waals surface area contributed by atoms with Gasteiger partial charge in [0.1, 0.15) is 11.2 Å². The van der Waals surface area contributed by atoms with E-state index >= 15 is 4.79 Å². The van der Waals surface area contributed by atoms with E-state index in [-0.39, 0.29) is 18.0 Å². The molecular formula is C51H66N6O9. The van der Waals surface area contributed by atoms with Crippen LogP contribution in [0.25, 0.3) is 10.9 Å². The minimum absolute atomic E-state index is 0.0276. The van der Waals surface area contributed by atoms with Crippen molar-refractivity contribution in [3.63, 3.8) is 0 Å². The fourth-order valence-corrected chi connectivity index (χ4v) is 14.9. The van der Waals surface area contributed by atoms with Crippen LogP contribution in [0.15, 0.2) is 48.6 Å². The largest absolute Gasteiger partial charge is 0.496 e. The first-order valence-corrected chi connectivity index (χ1v) is 24.0. The molecular weight excluding hydrogens is 841 g/mol. The number of hydrogen-bond donors (Lipinski definition) is 3. The number of esters is 3. The van der Waals surface area contributed by atoms with Crippen LogP contribution < -0.4 is 15.0 Å². The molecule has 1 saturated carbocycles. The summed E-state index contributed by atoms with van der Waals surface area (Å²) in [7, 11) is 6.20. The average Bonchev–Trinajstić information content (AvgIpc) is 4.13. The van der Waals surface area contributed by atoms with Gasteiger partial charge in [-0.3, -0.25) is 14.5 Å². The van der Waals surface area contributed by atoms with Gasteiger partial charge in [0.2, 0.25) is 5.60 Å². The van der Waals surface area contributed by atoms with E-state index in [1.165, 1.54) is 21.1 Å². The Labute approximate surface area is 387 Å². The lowest BCUT2D eigenvalue weighted by Gasteiger charge is -2.63. The molecule has 3 aromatic rings. The zero-order valence-electron chi connectivity index (χ0n) is 39.5. The number of carbonyl (C=O) groups is 4. The minimum Gasteiger partial charge on any atom is -0.496 e. The van der Waals surface area contributed by atoms with Crippen molar-refractivity contribution in [2.24, 2.45) is 11.3 Å². The van der Waals surface area contributed by atoms with Gasteiger partial charge in [0.05, 0.1) is 32.9 Å². The summed E-state index contributed by atoms with van der Waals surface area (Å²) in [4.78, 5) is 69.8. The Hall–Kier alpha value is -5.12. The number of ether oxygens (including phenoxy) is 4. The van der Waals surface area contributed by atoms with Crippen molar-refractivity contribution in [2.75, 3.05) is 79.1 Å². The molecule has 354 valence electrons. The molecule has 15 nitrogen and oxygen atoms in total. The van der Waals surface area contributed by atoms with E-state index in [9.17, 15) is 19.5 Å². The number of fused-ring (bicyclic) bond motifs is 6. The second-order valence-electron chi connectivity index (χ2n) is 20.4. The van der Waals surface area contributed by atoms with Crippen molar-refractivity contribution in [2.45, 2.75) is 112 Å². The number of para-hydroxylation sites is 1. The van der Waals surface area contributed by atoms with Gasteiger partial charge in [-0.15, -0.1) is 0 Å². The predicted molar refractivity (Wildman–Crippen MR) is 248 cm³/mol. The topological polar surface area (TPSA) is 166 Å². The Morgan fingerprint density at radius 3 is 2.38 bits per heavy atom. The lowest BCUT2D eigenvalue weighted by Crippen LogP contribution is -2.81. The van der Waals surface area contributed by atoms with Crippen molar-refractivity contribution in [3.8, 4) is 5.75 Å². The normalized spacial score (nSPS) is 35.4. The second kappa shape index (κ2) is 16.0. The number of nitrogens with zero attached hydrogens (tertiary/aromatic N) is 4. The van der Waals surface area contributed by atoms with E-state index in [1.807, 2.05) is 42.0 Å². The molecule has 3 saturated heterocycles. The maximum atomic E-state index is 15.7. The van der Waals surface area contributed by atoms with Crippen LogP contribution in [-0.4, -0.2) is 152 Å². The first kappa shape index (κ1) is 44.7. The fourth-order valence-electron chi connectivity index (χ4n) is 14.9. The molecule has 10 rings (SSSR count). The molecule has 7 heterocycles. The van der Waals surface area contributed by atoms with Crippen LogP contribution in [0.2, 0.25) is 0 Å². The first-order chi connectivity index (χ1) is 31.7. The van der Waals surface area contributed by atoms with Crippen LogP contribution in [0.4, 0.5) is 10.5 Å². The maximum Gasteiger partial charge on any atom is 0.344 e. The Morgan fingerprint density at radius 1 is 0.924 bits per heavy atom. The Bertz CT molecular complexity index is 2500. The maximum absolute atomic E-state index is 15.7. The Kier molecular flexibility index (Phi) is 10.8. The molecule has 2 aromatic carbocycles. The number of anilines is 1. The molecule has 66 heavy (non-hydrogen) atoms.